The molecule has 2 aromatic rings. The van der Waals surface area contributed by atoms with Gasteiger partial charge >= 0.3 is 0 Å². The molecule has 1 N–H and O–H groups in total. The summed E-state index contributed by atoms with van der Waals surface area (Å²) in [6, 6.07) is 1.68. The summed E-state index contributed by atoms with van der Waals surface area (Å²) in [6.07, 6.45) is 4.42. The minimum atomic E-state index is -0.395. The Morgan fingerprint density at radius 1 is 1.50 bits per heavy atom. The molecule has 2 aromatic heterocycles. The molecule has 0 atom stereocenters. The zero-order valence-electron chi connectivity index (χ0n) is 8.38. The molecule has 0 aliphatic rings. The average Bonchev–Trinajstić information content (AvgIpc) is 2.64. The van der Waals surface area contributed by atoms with Crippen LogP contribution in [0, 0.1) is 0 Å². The van der Waals surface area contributed by atoms with E-state index in [1.54, 1.807) is 24.0 Å². The largest absolute Gasteiger partial charge is 0.304 e. The Balaban J connectivity index is 2.14. The molecular weight excluding hydrogens is 230 g/mol. The number of carbonyl (C=O) groups excluding carboxylic acids is 1. The Kier molecular flexibility index (Phi) is 2.82. The molecule has 0 bridgehead atoms. The predicted octanol–water partition coefficient (Wildman–Crippen LogP) is 1.12. The van der Waals surface area contributed by atoms with Crippen molar-refractivity contribution < 1.29 is 4.79 Å². The molecular formula is C9H8ClN5O. The van der Waals surface area contributed by atoms with Gasteiger partial charge in [0, 0.05) is 19.3 Å². The number of nitrogens with one attached hydrogen (secondary N) is 1. The maximum atomic E-state index is 11.7. The van der Waals surface area contributed by atoms with Gasteiger partial charge in [0.2, 0.25) is 0 Å². The molecule has 0 radical (unpaired) electrons. The van der Waals surface area contributed by atoms with Crippen LogP contribution in [-0.2, 0) is 7.05 Å². The molecule has 1 amide bonds. The van der Waals surface area contributed by atoms with Crippen molar-refractivity contribution in [3.63, 3.8) is 0 Å². The zero-order chi connectivity index (χ0) is 11.5. The van der Waals surface area contributed by atoms with E-state index in [-0.39, 0.29) is 10.8 Å². The van der Waals surface area contributed by atoms with E-state index >= 15 is 0 Å². The van der Waals surface area contributed by atoms with Crippen molar-refractivity contribution in [1.29, 1.82) is 0 Å². The number of amides is 1. The molecule has 2 rings (SSSR count). The van der Waals surface area contributed by atoms with Gasteiger partial charge in [-0.1, -0.05) is 11.6 Å². The summed E-state index contributed by atoms with van der Waals surface area (Å²) in [5.74, 6) is 0.0583. The second-order valence-electron chi connectivity index (χ2n) is 3.06. The fraction of sp³-hybridized carbons (Fsp3) is 0.111. The molecule has 16 heavy (non-hydrogen) atoms. The third-order valence-corrected chi connectivity index (χ3v) is 1.98. The average molecular weight is 238 g/mol. The number of anilines is 1. The van der Waals surface area contributed by atoms with Gasteiger partial charge < -0.3 is 5.32 Å². The van der Waals surface area contributed by atoms with Crippen molar-refractivity contribution in [3.05, 3.63) is 35.5 Å². The first kappa shape index (κ1) is 10.6. The highest BCUT2D eigenvalue weighted by molar-refractivity contribution is 6.29. The van der Waals surface area contributed by atoms with Crippen LogP contribution >= 0.6 is 11.6 Å². The van der Waals surface area contributed by atoms with Gasteiger partial charge in [-0.25, -0.2) is 4.98 Å². The molecule has 82 valence electrons. The minimum Gasteiger partial charge on any atom is -0.304 e. The Morgan fingerprint density at radius 3 is 2.94 bits per heavy atom. The van der Waals surface area contributed by atoms with Crippen LogP contribution in [0.15, 0.2) is 24.7 Å². The summed E-state index contributed by atoms with van der Waals surface area (Å²) >= 11 is 5.62. The lowest BCUT2D eigenvalue weighted by atomic mass is 10.4. The van der Waals surface area contributed by atoms with Crippen molar-refractivity contribution in [3.8, 4) is 0 Å². The summed E-state index contributed by atoms with van der Waals surface area (Å²) < 4.78 is 1.58. The predicted molar refractivity (Wildman–Crippen MR) is 58.2 cm³/mol. The number of rotatable bonds is 2. The maximum absolute atomic E-state index is 11.7. The third-order valence-electron chi connectivity index (χ3n) is 1.79. The lowest BCUT2D eigenvalue weighted by molar-refractivity contribution is 0.102. The first-order chi connectivity index (χ1) is 7.65. The van der Waals surface area contributed by atoms with E-state index in [2.05, 4.69) is 20.4 Å². The Bertz CT molecular complexity index is 524. The Morgan fingerprint density at radius 2 is 2.31 bits per heavy atom. The van der Waals surface area contributed by atoms with Crippen LogP contribution in [0.2, 0.25) is 5.15 Å². The van der Waals surface area contributed by atoms with Crippen molar-refractivity contribution in [2.24, 2.45) is 7.05 Å². The molecule has 2 heterocycles. The van der Waals surface area contributed by atoms with E-state index in [4.69, 9.17) is 11.6 Å². The second kappa shape index (κ2) is 4.28. The number of carbonyl (C=O) groups is 1. The SMILES string of the molecule is Cn1ccc(NC(=O)c2cncc(Cl)n2)n1. The maximum Gasteiger partial charge on any atom is 0.277 e. The summed E-state index contributed by atoms with van der Waals surface area (Å²) in [4.78, 5) is 19.3. The van der Waals surface area contributed by atoms with E-state index in [9.17, 15) is 4.79 Å². The fourth-order valence-corrected chi connectivity index (χ4v) is 1.26. The van der Waals surface area contributed by atoms with E-state index < -0.39 is 5.91 Å². The number of aromatic nitrogens is 4. The smallest absolute Gasteiger partial charge is 0.277 e. The molecule has 0 unspecified atom stereocenters. The highest BCUT2D eigenvalue weighted by Gasteiger charge is 2.09. The van der Waals surface area contributed by atoms with E-state index in [0.29, 0.717) is 5.82 Å². The lowest BCUT2D eigenvalue weighted by Crippen LogP contribution is -2.14. The Labute approximate surface area is 96.3 Å². The zero-order valence-corrected chi connectivity index (χ0v) is 9.14. The van der Waals surface area contributed by atoms with Crippen LogP contribution in [-0.4, -0.2) is 25.7 Å². The highest BCUT2D eigenvalue weighted by atomic mass is 35.5. The molecule has 0 fully saturated rings. The van der Waals surface area contributed by atoms with Gasteiger partial charge in [-0.2, -0.15) is 5.10 Å². The van der Waals surface area contributed by atoms with Crippen LogP contribution in [0.25, 0.3) is 0 Å². The normalized spacial score (nSPS) is 10.1. The topological polar surface area (TPSA) is 72.7 Å². The quantitative estimate of drug-likeness (QED) is 0.849. The summed E-state index contributed by atoms with van der Waals surface area (Å²) in [7, 11) is 1.76. The standard InChI is InChI=1S/C9H8ClN5O/c1-15-3-2-8(14-15)13-9(16)6-4-11-5-7(10)12-6/h2-5H,1H3,(H,13,14,16). The lowest BCUT2D eigenvalue weighted by Gasteiger charge is -2.00. The van der Waals surface area contributed by atoms with Crippen LogP contribution < -0.4 is 5.32 Å². The van der Waals surface area contributed by atoms with Gasteiger partial charge in [-0.15, -0.1) is 0 Å². The fourth-order valence-electron chi connectivity index (χ4n) is 1.11. The van der Waals surface area contributed by atoms with Gasteiger partial charge in [0.1, 0.15) is 10.8 Å². The molecule has 0 aliphatic heterocycles. The van der Waals surface area contributed by atoms with Gasteiger partial charge in [-0.05, 0) is 0 Å². The number of hydrogen-bond acceptors (Lipinski definition) is 4. The summed E-state index contributed by atoms with van der Waals surface area (Å²) in [5, 5.41) is 6.75. The van der Waals surface area contributed by atoms with Gasteiger partial charge in [0.05, 0.1) is 12.4 Å². The first-order valence-corrected chi connectivity index (χ1v) is 4.81. The Hall–Kier alpha value is -1.95. The van der Waals surface area contributed by atoms with Crippen LogP contribution in [0.1, 0.15) is 10.5 Å². The first-order valence-electron chi connectivity index (χ1n) is 4.44. The van der Waals surface area contributed by atoms with E-state index in [1.165, 1.54) is 12.4 Å². The minimum absolute atomic E-state index is 0.151. The summed E-state index contributed by atoms with van der Waals surface area (Å²) in [6.45, 7) is 0. The number of aryl methyl sites for hydroxylation is 1. The van der Waals surface area contributed by atoms with Gasteiger partial charge in [0.15, 0.2) is 5.82 Å². The van der Waals surface area contributed by atoms with Gasteiger partial charge in [0.25, 0.3) is 5.91 Å². The van der Waals surface area contributed by atoms with Crippen molar-refractivity contribution in [2.45, 2.75) is 0 Å². The third kappa shape index (κ3) is 2.34. The van der Waals surface area contributed by atoms with Crippen LogP contribution in [0.3, 0.4) is 0 Å². The van der Waals surface area contributed by atoms with Gasteiger partial charge in [-0.3, -0.25) is 14.5 Å². The van der Waals surface area contributed by atoms with E-state index in [0.717, 1.165) is 0 Å². The number of hydrogen-bond donors (Lipinski definition) is 1. The number of nitrogens with zero attached hydrogens (tertiary/aromatic N) is 4. The molecule has 0 saturated carbocycles. The second-order valence-corrected chi connectivity index (χ2v) is 3.44. The molecule has 0 aliphatic carbocycles. The van der Waals surface area contributed by atoms with Crippen LogP contribution in [0.4, 0.5) is 5.82 Å². The molecule has 7 heteroatoms. The monoisotopic (exact) mass is 237 g/mol. The number of halogens is 1. The summed E-state index contributed by atoms with van der Waals surface area (Å²) in [5.41, 5.74) is 0.151. The molecule has 0 spiro atoms. The van der Waals surface area contributed by atoms with Crippen LogP contribution in [0.5, 0.6) is 0 Å². The van der Waals surface area contributed by atoms with E-state index in [1.807, 2.05) is 0 Å². The molecule has 6 nitrogen and oxygen atoms in total. The van der Waals surface area contributed by atoms with Crippen molar-refractivity contribution in [1.82, 2.24) is 19.7 Å². The highest BCUT2D eigenvalue weighted by Crippen LogP contribution is 2.06. The molecule has 0 aromatic carbocycles. The van der Waals surface area contributed by atoms with Crippen molar-refractivity contribution in [2.75, 3.05) is 5.32 Å². The van der Waals surface area contributed by atoms with Crippen molar-refractivity contribution >= 4 is 23.3 Å². The molecule has 0 saturated heterocycles.